The minimum atomic E-state index is -3.42. The normalized spacial score (nSPS) is 11.1. The molecule has 1 amide bonds. The number of nitrogens with one attached hydrogen (secondary N) is 1. The highest BCUT2D eigenvalue weighted by Gasteiger charge is 2.15. The van der Waals surface area contributed by atoms with E-state index in [0.29, 0.717) is 22.5 Å². The number of aryl methyl sites for hydroxylation is 1. The van der Waals surface area contributed by atoms with Crippen LogP contribution in [0.5, 0.6) is 0 Å². The van der Waals surface area contributed by atoms with Crippen LogP contribution in [0.1, 0.15) is 15.9 Å². The number of carbonyl (C=O) groups is 1. The van der Waals surface area contributed by atoms with Gasteiger partial charge < -0.3 is 5.32 Å². The van der Waals surface area contributed by atoms with Gasteiger partial charge in [0.2, 0.25) is 0 Å². The van der Waals surface area contributed by atoms with Gasteiger partial charge in [0.1, 0.15) is 0 Å². The summed E-state index contributed by atoms with van der Waals surface area (Å²) in [5.41, 5.74) is 2.17. The van der Waals surface area contributed by atoms with Gasteiger partial charge in [0.25, 0.3) is 11.6 Å². The van der Waals surface area contributed by atoms with Crippen LogP contribution in [0.15, 0.2) is 59.6 Å². The van der Waals surface area contributed by atoms with Crippen LogP contribution >= 0.6 is 0 Å². The summed E-state index contributed by atoms with van der Waals surface area (Å²) < 4.78 is 22.9. The van der Waals surface area contributed by atoms with Gasteiger partial charge in [-0.3, -0.25) is 14.9 Å². The molecule has 1 aromatic heterocycles. The van der Waals surface area contributed by atoms with E-state index in [2.05, 4.69) is 15.5 Å². The second kappa shape index (κ2) is 7.76. The van der Waals surface area contributed by atoms with Gasteiger partial charge in [0.15, 0.2) is 14.9 Å². The van der Waals surface area contributed by atoms with E-state index >= 15 is 0 Å². The first kappa shape index (κ1) is 20.1. The fraction of sp³-hybridized carbons (Fsp3) is 0.105. The van der Waals surface area contributed by atoms with E-state index < -0.39 is 20.7 Å². The van der Waals surface area contributed by atoms with Crippen molar-refractivity contribution in [2.75, 3.05) is 11.6 Å². The maximum Gasteiger partial charge on any atom is 0.273 e. The lowest BCUT2D eigenvalue weighted by Crippen LogP contribution is -2.12. The number of benzene rings is 2. The van der Waals surface area contributed by atoms with Crippen molar-refractivity contribution in [1.29, 1.82) is 0 Å². The van der Waals surface area contributed by atoms with Gasteiger partial charge in [-0.1, -0.05) is 18.2 Å². The lowest BCUT2D eigenvalue weighted by molar-refractivity contribution is -0.385. The van der Waals surface area contributed by atoms with Crippen LogP contribution in [-0.4, -0.2) is 35.7 Å². The lowest BCUT2D eigenvalue weighted by atomic mass is 10.1. The molecule has 0 saturated heterocycles. The number of hydrogen-bond donors (Lipinski definition) is 1. The predicted octanol–water partition coefficient (Wildman–Crippen LogP) is 3.02. The van der Waals surface area contributed by atoms with Crippen LogP contribution in [0.25, 0.3) is 11.3 Å². The summed E-state index contributed by atoms with van der Waals surface area (Å²) in [5.74, 6) is -0.474. The van der Waals surface area contributed by atoms with Crippen molar-refractivity contribution < 1.29 is 18.1 Å². The van der Waals surface area contributed by atoms with E-state index in [1.54, 1.807) is 37.3 Å². The Balaban J connectivity index is 1.76. The number of anilines is 1. The summed E-state index contributed by atoms with van der Waals surface area (Å²) in [7, 11) is -3.42. The first-order valence-corrected chi connectivity index (χ1v) is 10.2. The number of aromatic nitrogens is 2. The van der Waals surface area contributed by atoms with Crippen LogP contribution in [0.2, 0.25) is 0 Å². The lowest BCUT2D eigenvalue weighted by Gasteiger charge is -2.07. The fourth-order valence-corrected chi connectivity index (χ4v) is 3.05. The van der Waals surface area contributed by atoms with Gasteiger partial charge in [-0.25, -0.2) is 8.42 Å². The maximum absolute atomic E-state index is 12.4. The Bertz CT molecular complexity index is 1190. The molecule has 0 unspecified atom stereocenters. The number of nitro benzene ring substituents is 1. The van der Waals surface area contributed by atoms with Crippen molar-refractivity contribution in [2.45, 2.75) is 11.9 Å². The van der Waals surface area contributed by atoms with Gasteiger partial charge >= 0.3 is 0 Å². The van der Waals surface area contributed by atoms with Crippen LogP contribution in [0.3, 0.4) is 0 Å². The zero-order valence-corrected chi connectivity index (χ0v) is 16.3. The third kappa shape index (κ3) is 4.61. The van der Waals surface area contributed by atoms with E-state index in [1.165, 1.54) is 24.3 Å². The summed E-state index contributed by atoms with van der Waals surface area (Å²) in [6, 6.07) is 13.9. The summed E-state index contributed by atoms with van der Waals surface area (Å²) in [6.07, 6.45) is 1.05. The van der Waals surface area contributed by atoms with Crippen molar-refractivity contribution in [1.82, 2.24) is 10.2 Å². The van der Waals surface area contributed by atoms with Crippen molar-refractivity contribution in [2.24, 2.45) is 0 Å². The zero-order chi connectivity index (χ0) is 21.2. The summed E-state index contributed by atoms with van der Waals surface area (Å²) >= 11 is 0. The average Bonchev–Trinajstić information content (AvgIpc) is 2.68. The van der Waals surface area contributed by atoms with Crippen molar-refractivity contribution in [3.63, 3.8) is 0 Å². The molecule has 0 atom stereocenters. The number of carbonyl (C=O) groups excluding carboxylic acids is 1. The molecule has 0 radical (unpaired) electrons. The fourth-order valence-electron chi connectivity index (χ4n) is 2.55. The molecule has 1 N–H and O–H groups in total. The Morgan fingerprint density at radius 1 is 1.03 bits per heavy atom. The van der Waals surface area contributed by atoms with Gasteiger partial charge in [0.05, 0.1) is 10.6 Å². The second-order valence-corrected chi connectivity index (χ2v) is 8.28. The van der Waals surface area contributed by atoms with Crippen LogP contribution < -0.4 is 5.32 Å². The van der Waals surface area contributed by atoms with E-state index in [1.807, 2.05) is 0 Å². The van der Waals surface area contributed by atoms with Gasteiger partial charge in [-0.2, -0.15) is 0 Å². The number of nitro groups is 1. The van der Waals surface area contributed by atoms with Crippen LogP contribution in [-0.2, 0) is 9.84 Å². The SMILES string of the molecule is Cc1ccc(C(=O)Nc2ccc(-c3ccc(S(C)(=O)=O)nn3)cc2)cc1[N+](=O)[O-]. The van der Waals surface area contributed by atoms with E-state index in [9.17, 15) is 23.3 Å². The quantitative estimate of drug-likeness (QED) is 0.503. The van der Waals surface area contributed by atoms with Crippen LogP contribution in [0, 0.1) is 17.0 Å². The number of rotatable bonds is 5. The van der Waals surface area contributed by atoms with E-state index in [4.69, 9.17) is 0 Å². The van der Waals surface area contributed by atoms with Gasteiger partial charge in [-0.05, 0) is 37.3 Å². The first-order valence-electron chi connectivity index (χ1n) is 8.36. The van der Waals surface area contributed by atoms with Crippen molar-refractivity contribution in [3.05, 3.63) is 75.8 Å². The number of sulfone groups is 1. The molecule has 9 nitrogen and oxygen atoms in total. The average molecular weight is 412 g/mol. The van der Waals surface area contributed by atoms with E-state index in [-0.39, 0.29) is 16.3 Å². The van der Waals surface area contributed by atoms with Crippen molar-refractivity contribution >= 4 is 27.1 Å². The third-order valence-electron chi connectivity index (χ3n) is 4.13. The second-order valence-electron chi connectivity index (χ2n) is 6.32. The first-order chi connectivity index (χ1) is 13.6. The molecule has 0 aliphatic rings. The zero-order valence-electron chi connectivity index (χ0n) is 15.5. The third-order valence-corrected chi connectivity index (χ3v) is 5.10. The molecule has 0 bridgehead atoms. The Hall–Kier alpha value is -3.66. The molecule has 29 heavy (non-hydrogen) atoms. The van der Waals surface area contributed by atoms with Gasteiger partial charge in [-0.15, -0.1) is 10.2 Å². The number of amides is 1. The Morgan fingerprint density at radius 2 is 1.72 bits per heavy atom. The molecule has 10 heteroatoms. The summed E-state index contributed by atoms with van der Waals surface area (Å²) in [6.45, 7) is 1.60. The molecule has 148 valence electrons. The highest BCUT2D eigenvalue weighted by Crippen LogP contribution is 2.22. The molecule has 3 aromatic rings. The Kier molecular flexibility index (Phi) is 5.37. The molecule has 3 rings (SSSR count). The molecular formula is C19H16N4O5S. The van der Waals surface area contributed by atoms with E-state index in [0.717, 1.165) is 6.26 Å². The molecule has 0 saturated carbocycles. The molecule has 0 aliphatic heterocycles. The molecule has 0 aliphatic carbocycles. The standard InChI is InChI=1S/C19H16N4O5S/c1-12-3-4-14(11-17(12)23(25)26)19(24)20-15-7-5-13(6-8-15)16-9-10-18(22-21-16)29(2,27)28/h3-11H,1-2H3,(H,20,24). The monoisotopic (exact) mass is 412 g/mol. The minimum Gasteiger partial charge on any atom is -0.322 e. The predicted molar refractivity (Wildman–Crippen MR) is 106 cm³/mol. The van der Waals surface area contributed by atoms with Crippen molar-refractivity contribution in [3.8, 4) is 11.3 Å². The molecule has 0 spiro atoms. The molecule has 1 heterocycles. The highest BCUT2D eigenvalue weighted by molar-refractivity contribution is 7.90. The Morgan fingerprint density at radius 3 is 2.28 bits per heavy atom. The minimum absolute atomic E-state index is 0.114. The van der Waals surface area contributed by atoms with Gasteiger partial charge in [0, 0.05) is 34.7 Å². The largest absolute Gasteiger partial charge is 0.322 e. The summed E-state index contributed by atoms with van der Waals surface area (Å²) in [5, 5.41) is 21.2. The number of nitrogens with zero attached hydrogens (tertiary/aromatic N) is 3. The maximum atomic E-state index is 12.4. The smallest absolute Gasteiger partial charge is 0.273 e. The molecular weight excluding hydrogens is 396 g/mol. The molecule has 0 fully saturated rings. The Labute approximate surface area is 166 Å². The summed E-state index contributed by atoms with van der Waals surface area (Å²) in [4.78, 5) is 22.9. The topological polar surface area (TPSA) is 132 Å². The highest BCUT2D eigenvalue weighted by atomic mass is 32.2. The molecule has 2 aromatic carbocycles. The number of hydrogen-bond acceptors (Lipinski definition) is 7. The van der Waals surface area contributed by atoms with Crippen LogP contribution in [0.4, 0.5) is 11.4 Å².